The van der Waals surface area contributed by atoms with Gasteiger partial charge in [0.25, 0.3) is 0 Å². The lowest BCUT2D eigenvalue weighted by Crippen LogP contribution is -2.43. The molecule has 20 heavy (non-hydrogen) atoms. The van der Waals surface area contributed by atoms with Gasteiger partial charge in [-0.15, -0.1) is 0 Å². The van der Waals surface area contributed by atoms with Crippen molar-refractivity contribution in [2.24, 2.45) is 0 Å². The second kappa shape index (κ2) is 5.92. The van der Waals surface area contributed by atoms with E-state index in [0.29, 0.717) is 0 Å². The number of piperidine rings is 1. The van der Waals surface area contributed by atoms with Crippen LogP contribution in [0.3, 0.4) is 0 Å². The molecule has 3 rings (SSSR count). The molecule has 0 aromatic heterocycles. The van der Waals surface area contributed by atoms with E-state index >= 15 is 0 Å². The fourth-order valence-corrected chi connectivity index (χ4v) is 3.20. The van der Waals surface area contributed by atoms with Crippen molar-refractivity contribution >= 4 is 11.4 Å². The van der Waals surface area contributed by atoms with Crippen molar-refractivity contribution < 1.29 is 4.74 Å². The highest BCUT2D eigenvalue weighted by molar-refractivity contribution is 5.66. The fourth-order valence-electron chi connectivity index (χ4n) is 3.20. The maximum Gasteiger partial charge on any atom is 0.143 e. The van der Waals surface area contributed by atoms with Gasteiger partial charge < -0.3 is 20.3 Å². The molecule has 0 saturated carbocycles. The molecule has 1 fully saturated rings. The maximum atomic E-state index is 5.93. The highest BCUT2D eigenvalue weighted by atomic mass is 16.5. The number of nitrogens with two attached hydrogens (primary N) is 1. The first-order valence-corrected chi connectivity index (χ1v) is 7.76. The fraction of sp³-hybridized carbons (Fsp3) is 0.625. The Labute approximate surface area is 121 Å². The van der Waals surface area contributed by atoms with E-state index in [1.54, 1.807) is 0 Å². The summed E-state index contributed by atoms with van der Waals surface area (Å²) in [4.78, 5) is 5.00. The van der Waals surface area contributed by atoms with Gasteiger partial charge in [-0.1, -0.05) is 6.42 Å². The SMILES string of the molecule is CC1CN(CCN2CCCCC2)c2cc(N)ccc2O1. The molecular weight excluding hydrogens is 250 g/mol. The number of anilines is 2. The number of fused-ring (bicyclic) bond motifs is 1. The number of hydrogen-bond acceptors (Lipinski definition) is 4. The van der Waals surface area contributed by atoms with Gasteiger partial charge in [0.05, 0.1) is 12.2 Å². The highest BCUT2D eigenvalue weighted by Crippen LogP contribution is 2.34. The minimum atomic E-state index is 0.243. The van der Waals surface area contributed by atoms with Crippen molar-refractivity contribution in [1.82, 2.24) is 4.90 Å². The van der Waals surface area contributed by atoms with Crippen LogP contribution in [0.1, 0.15) is 26.2 Å². The Kier molecular flexibility index (Phi) is 4.01. The molecule has 2 aliphatic rings. The van der Waals surface area contributed by atoms with Crippen molar-refractivity contribution in [2.75, 3.05) is 43.4 Å². The first-order chi connectivity index (χ1) is 9.72. The van der Waals surface area contributed by atoms with E-state index in [1.807, 2.05) is 18.2 Å². The Hall–Kier alpha value is -1.42. The molecule has 0 bridgehead atoms. The second-order valence-electron chi connectivity index (χ2n) is 6.00. The summed E-state index contributed by atoms with van der Waals surface area (Å²) in [5, 5.41) is 0. The predicted molar refractivity (Wildman–Crippen MR) is 83.4 cm³/mol. The molecule has 0 radical (unpaired) electrons. The van der Waals surface area contributed by atoms with Gasteiger partial charge in [0, 0.05) is 18.8 Å². The topological polar surface area (TPSA) is 41.7 Å². The summed E-state index contributed by atoms with van der Waals surface area (Å²) in [7, 11) is 0. The molecule has 0 amide bonds. The molecule has 1 atom stereocenters. The average Bonchev–Trinajstić information content (AvgIpc) is 2.46. The molecule has 1 aromatic carbocycles. The van der Waals surface area contributed by atoms with Crippen LogP contribution in [0.4, 0.5) is 11.4 Å². The average molecular weight is 275 g/mol. The first kappa shape index (κ1) is 13.6. The Bertz CT molecular complexity index is 457. The minimum Gasteiger partial charge on any atom is -0.487 e. The number of likely N-dealkylation sites (tertiary alicyclic amines) is 1. The third kappa shape index (κ3) is 3.01. The Morgan fingerprint density at radius 1 is 1.20 bits per heavy atom. The van der Waals surface area contributed by atoms with Crippen LogP contribution in [0.25, 0.3) is 0 Å². The van der Waals surface area contributed by atoms with Gasteiger partial charge in [0.2, 0.25) is 0 Å². The van der Waals surface area contributed by atoms with E-state index in [2.05, 4.69) is 16.7 Å². The summed E-state index contributed by atoms with van der Waals surface area (Å²) in [5.74, 6) is 0.969. The lowest BCUT2D eigenvalue weighted by atomic mass is 10.1. The molecule has 1 saturated heterocycles. The molecule has 4 nitrogen and oxygen atoms in total. The molecule has 110 valence electrons. The third-order valence-corrected chi connectivity index (χ3v) is 4.26. The lowest BCUT2D eigenvalue weighted by Gasteiger charge is -2.37. The lowest BCUT2D eigenvalue weighted by molar-refractivity contribution is 0.202. The van der Waals surface area contributed by atoms with Crippen LogP contribution in [-0.4, -0.2) is 43.7 Å². The molecule has 4 heteroatoms. The van der Waals surface area contributed by atoms with E-state index in [1.165, 1.54) is 32.4 Å². The smallest absolute Gasteiger partial charge is 0.143 e. The van der Waals surface area contributed by atoms with Crippen LogP contribution in [0.15, 0.2) is 18.2 Å². The molecule has 1 unspecified atom stereocenters. The number of hydrogen-bond donors (Lipinski definition) is 1. The van der Waals surface area contributed by atoms with Crippen LogP contribution < -0.4 is 15.4 Å². The number of nitrogen functional groups attached to an aromatic ring is 1. The van der Waals surface area contributed by atoms with Crippen molar-refractivity contribution in [3.8, 4) is 5.75 Å². The summed E-state index contributed by atoms with van der Waals surface area (Å²) in [6, 6.07) is 5.95. The zero-order valence-corrected chi connectivity index (χ0v) is 12.3. The van der Waals surface area contributed by atoms with E-state index in [4.69, 9.17) is 10.5 Å². The first-order valence-electron chi connectivity index (χ1n) is 7.76. The molecule has 2 heterocycles. The number of benzene rings is 1. The van der Waals surface area contributed by atoms with Gasteiger partial charge in [-0.2, -0.15) is 0 Å². The molecule has 2 aliphatic heterocycles. The van der Waals surface area contributed by atoms with E-state index < -0.39 is 0 Å². The largest absolute Gasteiger partial charge is 0.487 e. The Morgan fingerprint density at radius 2 is 2.00 bits per heavy atom. The van der Waals surface area contributed by atoms with Gasteiger partial charge in [-0.25, -0.2) is 0 Å². The number of rotatable bonds is 3. The molecule has 0 spiro atoms. The van der Waals surface area contributed by atoms with E-state index in [0.717, 1.165) is 36.8 Å². The maximum absolute atomic E-state index is 5.93. The zero-order valence-electron chi connectivity index (χ0n) is 12.3. The van der Waals surface area contributed by atoms with Gasteiger partial charge >= 0.3 is 0 Å². The van der Waals surface area contributed by atoms with E-state index in [9.17, 15) is 0 Å². The Morgan fingerprint density at radius 3 is 2.80 bits per heavy atom. The van der Waals surface area contributed by atoms with Gasteiger partial charge in [0.1, 0.15) is 11.9 Å². The van der Waals surface area contributed by atoms with Gasteiger partial charge in [-0.05, 0) is 51.1 Å². The van der Waals surface area contributed by atoms with Crippen LogP contribution in [0.5, 0.6) is 5.75 Å². The monoisotopic (exact) mass is 275 g/mol. The summed E-state index contributed by atoms with van der Waals surface area (Å²) in [6.07, 6.45) is 4.34. The van der Waals surface area contributed by atoms with Crippen LogP contribution in [-0.2, 0) is 0 Å². The summed E-state index contributed by atoms with van der Waals surface area (Å²) in [5.41, 5.74) is 7.89. The minimum absolute atomic E-state index is 0.243. The summed E-state index contributed by atoms with van der Waals surface area (Å²) < 4.78 is 5.90. The quantitative estimate of drug-likeness (QED) is 0.860. The number of ether oxygens (including phenoxy) is 1. The van der Waals surface area contributed by atoms with Crippen molar-refractivity contribution in [3.63, 3.8) is 0 Å². The van der Waals surface area contributed by atoms with Crippen LogP contribution in [0.2, 0.25) is 0 Å². The standard InChI is InChI=1S/C16H25N3O/c1-13-12-19(10-9-18-7-3-2-4-8-18)15-11-14(17)5-6-16(15)20-13/h5-6,11,13H,2-4,7-10,12,17H2,1H3. The van der Waals surface area contributed by atoms with Gasteiger partial charge in [-0.3, -0.25) is 0 Å². The number of nitrogens with zero attached hydrogens (tertiary/aromatic N) is 2. The summed E-state index contributed by atoms with van der Waals surface area (Å²) >= 11 is 0. The van der Waals surface area contributed by atoms with E-state index in [-0.39, 0.29) is 6.10 Å². The molecular formula is C16H25N3O. The third-order valence-electron chi connectivity index (χ3n) is 4.26. The second-order valence-corrected chi connectivity index (χ2v) is 6.00. The van der Waals surface area contributed by atoms with Crippen molar-refractivity contribution in [2.45, 2.75) is 32.3 Å². The molecule has 0 aliphatic carbocycles. The van der Waals surface area contributed by atoms with Crippen LogP contribution >= 0.6 is 0 Å². The molecule has 1 aromatic rings. The van der Waals surface area contributed by atoms with Gasteiger partial charge in [0.15, 0.2) is 0 Å². The summed E-state index contributed by atoms with van der Waals surface area (Å²) in [6.45, 7) is 7.79. The van der Waals surface area contributed by atoms with Crippen LogP contribution in [0, 0.1) is 0 Å². The predicted octanol–water partition coefficient (Wildman–Crippen LogP) is 2.34. The zero-order chi connectivity index (χ0) is 13.9. The highest BCUT2D eigenvalue weighted by Gasteiger charge is 2.23. The van der Waals surface area contributed by atoms with Crippen molar-refractivity contribution in [1.29, 1.82) is 0 Å². The van der Waals surface area contributed by atoms with Crippen molar-refractivity contribution in [3.05, 3.63) is 18.2 Å². The molecule has 2 N–H and O–H groups in total. The normalized spacial score (nSPS) is 23.2. The Balaban J connectivity index is 1.68.